The van der Waals surface area contributed by atoms with Gasteiger partial charge in [0.2, 0.25) is 0 Å². The third-order valence-electron chi connectivity index (χ3n) is 4.52. The zero-order valence-electron chi connectivity index (χ0n) is 12.5. The van der Waals surface area contributed by atoms with Crippen LogP contribution in [0.3, 0.4) is 0 Å². The van der Waals surface area contributed by atoms with Gasteiger partial charge in [-0.05, 0) is 66.5 Å². The Labute approximate surface area is 130 Å². The fourth-order valence-corrected chi connectivity index (χ4v) is 3.30. The van der Waals surface area contributed by atoms with Crippen LogP contribution in [0, 0.1) is 29.1 Å². The lowest BCUT2D eigenvalue weighted by Crippen LogP contribution is -2.18. The summed E-state index contributed by atoms with van der Waals surface area (Å²) in [6.07, 6.45) is 1.01. The largest absolute Gasteiger partial charge is 0.207 e. The highest BCUT2D eigenvalue weighted by molar-refractivity contribution is 5.38. The Morgan fingerprint density at radius 3 is 2.17 bits per heavy atom. The summed E-state index contributed by atoms with van der Waals surface area (Å²) in [6.45, 7) is 1.80. The smallest absolute Gasteiger partial charge is 0.194 e. The van der Waals surface area contributed by atoms with Crippen molar-refractivity contribution in [3.63, 3.8) is 0 Å². The van der Waals surface area contributed by atoms with Gasteiger partial charge in [-0.2, -0.15) is 0 Å². The zero-order valence-corrected chi connectivity index (χ0v) is 12.5. The summed E-state index contributed by atoms with van der Waals surface area (Å²) in [5.41, 5.74) is 0.874. The molecule has 1 aliphatic rings. The summed E-state index contributed by atoms with van der Waals surface area (Å²) in [5, 5.41) is 0. The van der Waals surface area contributed by atoms with Crippen LogP contribution in [0.4, 0.5) is 22.0 Å². The van der Waals surface area contributed by atoms with Gasteiger partial charge in [0.15, 0.2) is 17.5 Å². The quantitative estimate of drug-likeness (QED) is 0.524. The molecular formula is C18H15F5. The van der Waals surface area contributed by atoms with E-state index in [2.05, 4.69) is 0 Å². The van der Waals surface area contributed by atoms with Crippen LogP contribution in [-0.4, -0.2) is 0 Å². The lowest BCUT2D eigenvalue weighted by molar-refractivity contribution is 0.424. The first-order valence-corrected chi connectivity index (χ1v) is 7.55. The van der Waals surface area contributed by atoms with E-state index in [1.165, 1.54) is 12.1 Å². The lowest BCUT2D eigenvalue weighted by Gasteiger charge is -2.26. The monoisotopic (exact) mass is 326 g/mol. The number of fused-ring (bicyclic) bond motifs is 1. The van der Waals surface area contributed by atoms with E-state index < -0.39 is 35.0 Å². The Bertz CT molecular complexity index is 743. The van der Waals surface area contributed by atoms with Crippen LogP contribution in [0.1, 0.15) is 41.5 Å². The van der Waals surface area contributed by atoms with Crippen molar-refractivity contribution in [2.75, 3.05) is 0 Å². The first kappa shape index (κ1) is 16.0. The van der Waals surface area contributed by atoms with Gasteiger partial charge in [-0.15, -0.1) is 0 Å². The maximum Gasteiger partial charge on any atom is 0.194 e. The molecule has 0 saturated heterocycles. The minimum absolute atomic E-state index is 0.0574. The number of hydrogen-bond acceptors (Lipinski definition) is 0. The number of aryl methyl sites for hydroxylation is 1. The first-order chi connectivity index (χ1) is 10.9. The molecule has 0 amide bonds. The lowest BCUT2D eigenvalue weighted by atomic mass is 9.79. The van der Waals surface area contributed by atoms with Gasteiger partial charge in [0.05, 0.1) is 0 Å². The first-order valence-electron chi connectivity index (χ1n) is 7.55. The fraction of sp³-hybridized carbons (Fsp3) is 0.333. The van der Waals surface area contributed by atoms with Crippen molar-refractivity contribution in [3.8, 4) is 0 Å². The minimum Gasteiger partial charge on any atom is -0.207 e. The molecule has 0 spiro atoms. The van der Waals surface area contributed by atoms with E-state index >= 15 is 0 Å². The van der Waals surface area contributed by atoms with Gasteiger partial charge in [-0.1, -0.05) is 6.92 Å². The summed E-state index contributed by atoms with van der Waals surface area (Å²) in [5.74, 6) is -5.76. The summed E-state index contributed by atoms with van der Waals surface area (Å²) < 4.78 is 68.9. The van der Waals surface area contributed by atoms with Crippen LogP contribution in [0.15, 0.2) is 18.2 Å². The van der Waals surface area contributed by atoms with Crippen LogP contribution in [-0.2, 0) is 19.3 Å². The molecule has 2 aromatic rings. The van der Waals surface area contributed by atoms with Crippen LogP contribution < -0.4 is 0 Å². The molecule has 0 radical (unpaired) electrons. The van der Waals surface area contributed by atoms with E-state index in [1.807, 2.05) is 0 Å². The SMILES string of the molecule is CCc1cc(F)c(C2CCc3c(cc(F)c(F)c3F)C2)c(F)c1. The maximum absolute atomic E-state index is 14.2. The molecule has 1 aliphatic carbocycles. The molecule has 0 heterocycles. The highest BCUT2D eigenvalue weighted by Gasteiger charge is 2.29. The average molecular weight is 326 g/mol. The van der Waals surface area contributed by atoms with Gasteiger partial charge >= 0.3 is 0 Å². The molecule has 0 aromatic heterocycles. The summed E-state index contributed by atoms with van der Waals surface area (Å²) in [4.78, 5) is 0. The van der Waals surface area contributed by atoms with Gasteiger partial charge in [0.25, 0.3) is 0 Å². The predicted octanol–water partition coefficient (Wildman–Crippen LogP) is 5.22. The van der Waals surface area contributed by atoms with Crippen molar-refractivity contribution >= 4 is 0 Å². The molecule has 3 rings (SSSR count). The Kier molecular flexibility index (Phi) is 4.13. The molecule has 0 aliphatic heterocycles. The molecule has 0 N–H and O–H groups in total. The number of halogens is 5. The van der Waals surface area contributed by atoms with E-state index in [-0.39, 0.29) is 36.0 Å². The second-order valence-corrected chi connectivity index (χ2v) is 5.89. The van der Waals surface area contributed by atoms with Gasteiger partial charge in [0.1, 0.15) is 11.6 Å². The summed E-state index contributed by atoms with van der Waals surface area (Å²) in [6, 6.07) is 3.51. The topological polar surface area (TPSA) is 0 Å². The number of hydrogen-bond donors (Lipinski definition) is 0. The molecule has 122 valence electrons. The van der Waals surface area contributed by atoms with E-state index in [4.69, 9.17) is 0 Å². The second kappa shape index (κ2) is 5.95. The van der Waals surface area contributed by atoms with E-state index in [9.17, 15) is 22.0 Å². The molecule has 0 fully saturated rings. The molecule has 1 atom stereocenters. The summed E-state index contributed by atoms with van der Waals surface area (Å²) >= 11 is 0. The van der Waals surface area contributed by atoms with Crippen molar-refractivity contribution in [1.29, 1.82) is 0 Å². The Hall–Kier alpha value is -1.91. The van der Waals surface area contributed by atoms with Crippen molar-refractivity contribution in [2.45, 2.75) is 38.5 Å². The molecule has 1 unspecified atom stereocenters. The zero-order chi connectivity index (χ0) is 16.7. The Morgan fingerprint density at radius 1 is 0.913 bits per heavy atom. The van der Waals surface area contributed by atoms with E-state index in [0.29, 0.717) is 12.0 Å². The molecular weight excluding hydrogens is 311 g/mol. The maximum atomic E-state index is 14.2. The Balaban J connectivity index is 2.00. The van der Waals surface area contributed by atoms with Gasteiger partial charge < -0.3 is 0 Å². The molecule has 0 nitrogen and oxygen atoms in total. The molecule has 23 heavy (non-hydrogen) atoms. The normalized spacial score (nSPS) is 17.2. The fourth-order valence-electron chi connectivity index (χ4n) is 3.30. The van der Waals surface area contributed by atoms with Crippen LogP contribution in [0.5, 0.6) is 0 Å². The van der Waals surface area contributed by atoms with Crippen molar-refractivity contribution < 1.29 is 22.0 Å². The van der Waals surface area contributed by atoms with Gasteiger partial charge in [-0.3, -0.25) is 0 Å². The van der Waals surface area contributed by atoms with Crippen LogP contribution in [0.25, 0.3) is 0 Å². The molecule has 2 aromatic carbocycles. The van der Waals surface area contributed by atoms with E-state index in [1.54, 1.807) is 6.92 Å². The second-order valence-electron chi connectivity index (χ2n) is 5.89. The minimum atomic E-state index is -1.49. The standard InChI is InChI=1S/C18H15F5/c1-2-9-5-13(19)16(14(20)6-9)10-3-4-12-11(7-10)8-15(21)18(23)17(12)22/h5-6,8,10H,2-4,7H2,1H3. The van der Waals surface area contributed by atoms with Crippen molar-refractivity contribution in [3.05, 3.63) is 69.5 Å². The molecule has 0 bridgehead atoms. The van der Waals surface area contributed by atoms with Crippen LogP contribution >= 0.6 is 0 Å². The predicted molar refractivity (Wildman–Crippen MR) is 76.8 cm³/mol. The van der Waals surface area contributed by atoms with E-state index in [0.717, 1.165) is 6.07 Å². The third kappa shape index (κ3) is 2.73. The van der Waals surface area contributed by atoms with Gasteiger partial charge in [-0.25, -0.2) is 22.0 Å². The molecule has 5 heteroatoms. The van der Waals surface area contributed by atoms with Crippen LogP contribution in [0.2, 0.25) is 0 Å². The summed E-state index contributed by atoms with van der Waals surface area (Å²) in [7, 11) is 0. The highest BCUT2D eigenvalue weighted by atomic mass is 19.2. The average Bonchev–Trinajstić information content (AvgIpc) is 2.51. The van der Waals surface area contributed by atoms with Gasteiger partial charge in [0, 0.05) is 5.56 Å². The molecule has 0 saturated carbocycles. The third-order valence-corrected chi connectivity index (χ3v) is 4.52. The number of benzene rings is 2. The Morgan fingerprint density at radius 2 is 1.57 bits per heavy atom. The van der Waals surface area contributed by atoms with Crippen molar-refractivity contribution in [2.24, 2.45) is 0 Å². The highest BCUT2D eigenvalue weighted by Crippen LogP contribution is 2.37. The van der Waals surface area contributed by atoms with Crippen molar-refractivity contribution in [1.82, 2.24) is 0 Å². The number of rotatable bonds is 2.